The molecule has 2 aromatic rings. The number of rotatable bonds is 4. The van der Waals surface area contributed by atoms with Crippen LogP contribution in [0.3, 0.4) is 0 Å². The van der Waals surface area contributed by atoms with Crippen LogP contribution in [-0.4, -0.2) is 29.0 Å². The number of hydrogen-bond donors (Lipinski definition) is 1. The zero-order chi connectivity index (χ0) is 19.4. The van der Waals surface area contributed by atoms with Crippen LogP contribution in [0.15, 0.2) is 24.3 Å². The summed E-state index contributed by atoms with van der Waals surface area (Å²) in [6.07, 6.45) is 4.81. The molecule has 0 saturated carbocycles. The van der Waals surface area contributed by atoms with Gasteiger partial charge < -0.3 is 10.2 Å². The van der Waals surface area contributed by atoms with Gasteiger partial charge in [0.25, 0.3) is 5.91 Å². The summed E-state index contributed by atoms with van der Waals surface area (Å²) in [5, 5.41) is 3.10. The van der Waals surface area contributed by atoms with Gasteiger partial charge in [-0.25, -0.2) is 9.97 Å². The fourth-order valence-electron chi connectivity index (χ4n) is 3.60. The van der Waals surface area contributed by atoms with Gasteiger partial charge in [-0.1, -0.05) is 44.9 Å². The topological polar surface area (TPSA) is 58.1 Å². The minimum absolute atomic E-state index is 0.173. The van der Waals surface area contributed by atoms with Crippen LogP contribution in [0.5, 0.6) is 0 Å². The second-order valence-corrected chi connectivity index (χ2v) is 7.74. The van der Waals surface area contributed by atoms with E-state index in [4.69, 9.17) is 0 Å². The van der Waals surface area contributed by atoms with Crippen molar-refractivity contribution in [3.8, 4) is 0 Å². The molecule has 1 saturated heterocycles. The highest BCUT2D eigenvalue weighted by atomic mass is 16.1. The molecule has 0 unspecified atom stereocenters. The van der Waals surface area contributed by atoms with Gasteiger partial charge in [-0.2, -0.15) is 0 Å². The van der Waals surface area contributed by atoms with E-state index in [1.807, 2.05) is 26.0 Å². The Morgan fingerprint density at radius 2 is 1.78 bits per heavy atom. The number of benzene rings is 1. The van der Waals surface area contributed by atoms with Crippen LogP contribution in [0.4, 0.5) is 11.6 Å². The van der Waals surface area contributed by atoms with Crippen LogP contribution < -0.4 is 10.2 Å². The Bertz CT molecular complexity index is 808. The summed E-state index contributed by atoms with van der Waals surface area (Å²) in [7, 11) is 0. The molecule has 1 aromatic carbocycles. The van der Waals surface area contributed by atoms with Crippen molar-refractivity contribution in [1.82, 2.24) is 9.97 Å². The van der Waals surface area contributed by atoms with E-state index in [-0.39, 0.29) is 5.91 Å². The Hall–Kier alpha value is -2.43. The van der Waals surface area contributed by atoms with Crippen molar-refractivity contribution in [2.75, 3.05) is 23.3 Å². The molecule has 1 fully saturated rings. The Balaban J connectivity index is 1.87. The second-order valence-electron chi connectivity index (χ2n) is 7.74. The predicted octanol–water partition coefficient (Wildman–Crippen LogP) is 4.85. The summed E-state index contributed by atoms with van der Waals surface area (Å²) < 4.78 is 0. The normalized spacial score (nSPS) is 14.9. The molecule has 1 aliphatic heterocycles. The van der Waals surface area contributed by atoms with Gasteiger partial charge in [0.2, 0.25) is 5.95 Å². The molecule has 5 nitrogen and oxygen atoms in total. The average molecular weight is 367 g/mol. The zero-order valence-electron chi connectivity index (χ0n) is 16.9. The van der Waals surface area contributed by atoms with Gasteiger partial charge in [0.15, 0.2) is 0 Å². The van der Waals surface area contributed by atoms with E-state index >= 15 is 0 Å². The van der Waals surface area contributed by atoms with E-state index in [9.17, 15) is 4.79 Å². The molecular formula is C22H30N4O. The van der Waals surface area contributed by atoms with Gasteiger partial charge in [-0.15, -0.1) is 0 Å². The molecule has 3 rings (SSSR count). The molecule has 1 N–H and O–H groups in total. The summed E-state index contributed by atoms with van der Waals surface area (Å²) in [6, 6.07) is 7.90. The lowest BCUT2D eigenvalue weighted by Crippen LogP contribution is -2.27. The Morgan fingerprint density at radius 1 is 1.07 bits per heavy atom. The highest BCUT2D eigenvalue weighted by Gasteiger charge is 2.18. The van der Waals surface area contributed by atoms with Crippen LogP contribution in [0.2, 0.25) is 0 Å². The van der Waals surface area contributed by atoms with Crippen LogP contribution >= 0.6 is 0 Å². The smallest absolute Gasteiger partial charge is 0.274 e. The van der Waals surface area contributed by atoms with E-state index < -0.39 is 0 Å². The maximum atomic E-state index is 13.0. The van der Waals surface area contributed by atoms with Crippen molar-refractivity contribution in [3.63, 3.8) is 0 Å². The molecule has 27 heavy (non-hydrogen) atoms. The van der Waals surface area contributed by atoms with E-state index in [0.717, 1.165) is 48.4 Å². The second kappa shape index (κ2) is 8.51. The largest absolute Gasteiger partial charge is 0.341 e. The van der Waals surface area contributed by atoms with Gasteiger partial charge >= 0.3 is 0 Å². The van der Waals surface area contributed by atoms with Gasteiger partial charge in [-0.05, 0) is 49.8 Å². The number of aromatic nitrogens is 2. The summed E-state index contributed by atoms with van der Waals surface area (Å²) in [5.74, 6) is 0.837. The first-order chi connectivity index (χ1) is 13.0. The van der Waals surface area contributed by atoms with Gasteiger partial charge in [-0.3, -0.25) is 4.79 Å². The molecule has 0 radical (unpaired) electrons. The van der Waals surface area contributed by atoms with Crippen LogP contribution in [0.1, 0.15) is 72.8 Å². The van der Waals surface area contributed by atoms with Crippen LogP contribution in [0.25, 0.3) is 0 Å². The Kier molecular flexibility index (Phi) is 6.09. The number of nitrogens with zero attached hydrogens (tertiary/aromatic N) is 3. The quantitative estimate of drug-likeness (QED) is 0.840. The molecular weight excluding hydrogens is 336 g/mol. The zero-order valence-corrected chi connectivity index (χ0v) is 16.9. The molecule has 0 aliphatic carbocycles. The van der Waals surface area contributed by atoms with Gasteiger partial charge in [0, 0.05) is 24.5 Å². The minimum Gasteiger partial charge on any atom is -0.341 e. The molecule has 1 amide bonds. The van der Waals surface area contributed by atoms with Crippen molar-refractivity contribution in [2.24, 2.45) is 0 Å². The maximum absolute atomic E-state index is 13.0. The third-order valence-electron chi connectivity index (χ3n) is 5.13. The molecule has 1 aromatic heterocycles. The first-order valence-corrected chi connectivity index (χ1v) is 9.97. The van der Waals surface area contributed by atoms with Gasteiger partial charge in [0.05, 0.1) is 0 Å². The van der Waals surface area contributed by atoms with Crippen molar-refractivity contribution >= 4 is 17.5 Å². The van der Waals surface area contributed by atoms with E-state index in [0.29, 0.717) is 17.6 Å². The molecule has 144 valence electrons. The number of aryl methyl sites for hydroxylation is 2. The predicted molar refractivity (Wildman–Crippen MR) is 111 cm³/mol. The number of nitrogens with one attached hydrogen (secondary N) is 1. The van der Waals surface area contributed by atoms with Crippen molar-refractivity contribution in [3.05, 3.63) is 46.8 Å². The molecule has 5 heteroatoms. The Labute approximate surface area is 162 Å². The minimum atomic E-state index is -0.173. The summed E-state index contributed by atoms with van der Waals surface area (Å²) in [6.45, 7) is 10.1. The lowest BCUT2D eigenvalue weighted by Gasteiger charge is -2.21. The van der Waals surface area contributed by atoms with E-state index in [2.05, 4.69) is 40.1 Å². The van der Waals surface area contributed by atoms with Gasteiger partial charge in [0.1, 0.15) is 5.69 Å². The van der Waals surface area contributed by atoms with Crippen molar-refractivity contribution in [2.45, 2.75) is 59.3 Å². The van der Waals surface area contributed by atoms with Crippen LogP contribution in [0, 0.1) is 13.8 Å². The Morgan fingerprint density at radius 3 is 2.44 bits per heavy atom. The third kappa shape index (κ3) is 4.65. The number of carbonyl (C=O) groups is 1. The number of amides is 1. The standard InChI is InChI=1S/C22H30N4O/c1-15(2)18-11-9-10-16(3)20(18)25-21(27)19-14-17(4)23-22(24-19)26-12-7-5-6-8-13-26/h9-11,14-15H,5-8,12-13H2,1-4H3,(H,25,27). The maximum Gasteiger partial charge on any atom is 0.274 e. The lowest BCUT2D eigenvalue weighted by molar-refractivity contribution is 0.102. The summed E-state index contributed by atoms with van der Waals surface area (Å²) in [4.78, 5) is 24.4. The third-order valence-corrected chi connectivity index (χ3v) is 5.13. The fourth-order valence-corrected chi connectivity index (χ4v) is 3.60. The summed E-state index contributed by atoms with van der Waals surface area (Å²) >= 11 is 0. The highest BCUT2D eigenvalue weighted by Crippen LogP contribution is 2.28. The first kappa shape index (κ1) is 19.3. The molecule has 0 spiro atoms. The molecule has 2 heterocycles. The van der Waals surface area contributed by atoms with E-state index in [1.165, 1.54) is 12.8 Å². The first-order valence-electron chi connectivity index (χ1n) is 9.97. The lowest BCUT2D eigenvalue weighted by atomic mass is 9.98. The van der Waals surface area contributed by atoms with Crippen molar-refractivity contribution < 1.29 is 4.79 Å². The SMILES string of the molecule is Cc1cc(C(=O)Nc2c(C)cccc2C(C)C)nc(N2CCCCCC2)n1. The number of para-hydroxylation sites is 1. The average Bonchev–Trinajstić information content (AvgIpc) is 2.92. The highest BCUT2D eigenvalue weighted by molar-refractivity contribution is 6.04. The number of anilines is 2. The fraction of sp³-hybridized carbons (Fsp3) is 0.500. The molecule has 1 aliphatic rings. The summed E-state index contributed by atoms with van der Waals surface area (Å²) in [5.41, 5.74) is 4.35. The molecule has 0 bridgehead atoms. The van der Waals surface area contributed by atoms with Crippen molar-refractivity contribution in [1.29, 1.82) is 0 Å². The monoisotopic (exact) mass is 366 g/mol. The molecule has 0 atom stereocenters. The number of carbonyl (C=O) groups excluding carboxylic acids is 1. The van der Waals surface area contributed by atoms with E-state index in [1.54, 1.807) is 6.07 Å². The number of hydrogen-bond acceptors (Lipinski definition) is 4. The van der Waals surface area contributed by atoms with Crippen LogP contribution in [-0.2, 0) is 0 Å².